The van der Waals surface area contributed by atoms with Crippen LogP contribution in [0.5, 0.6) is 0 Å². The van der Waals surface area contributed by atoms with Crippen LogP contribution in [0.15, 0.2) is 34.7 Å². The molecule has 0 fully saturated rings. The Hall–Kier alpha value is -2.28. The van der Waals surface area contributed by atoms with Gasteiger partial charge in [0, 0.05) is 6.20 Å². The maximum atomic E-state index is 12.0. The second-order valence-corrected chi connectivity index (χ2v) is 6.97. The average molecular weight is 323 g/mol. The predicted octanol–water partition coefficient (Wildman–Crippen LogP) is 1.19. The van der Waals surface area contributed by atoms with E-state index in [2.05, 4.69) is 9.71 Å². The molecule has 2 aromatic rings. The Labute approximate surface area is 124 Å². The molecule has 0 bridgehead atoms. The van der Waals surface area contributed by atoms with Crippen molar-refractivity contribution in [2.45, 2.75) is 10.8 Å². The Kier molecular flexibility index (Phi) is 4.32. The standard InChI is InChI=1S/C12H9N3O4S2/c13-6-10-1-2-11(20-10)21(18,19)15-7-9-5-8(12(16)17)3-4-14-9/h1-5,15H,7H2,(H,16,17). The third-order valence-corrected chi connectivity index (χ3v) is 5.35. The number of rotatable bonds is 5. The molecular weight excluding hydrogens is 314 g/mol. The molecule has 2 N–H and O–H groups in total. The number of thiophene rings is 1. The van der Waals surface area contributed by atoms with Gasteiger partial charge in [-0.3, -0.25) is 4.98 Å². The zero-order valence-electron chi connectivity index (χ0n) is 10.5. The summed E-state index contributed by atoms with van der Waals surface area (Å²) in [6.07, 6.45) is 1.30. The van der Waals surface area contributed by atoms with Crippen molar-refractivity contribution in [3.63, 3.8) is 0 Å². The quantitative estimate of drug-likeness (QED) is 0.852. The van der Waals surface area contributed by atoms with Crippen molar-refractivity contribution in [2.24, 2.45) is 0 Å². The zero-order valence-corrected chi connectivity index (χ0v) is 12.1. The highest BCUT2D eigenvalue weighted by molar-refractivity contribution is 7.91. The summed E-state index contributed by atoms with van der Waals surface area (Å²) in [4.78, 5) is 15.0. The lowest BCUT2D eigenvalue weighted by atomic mass is 10.2. The van der Waals surface area contributed by atoms with E-state index < -0.39 is 16.0 Å². The van der Waals surface area contributed by atoms with Crippen LogP contribution in [-0.4, -0.2) is 24.5 Å². The van der Waals surface area contributed by atoms with Crippen molar-refractivity contribution in [1.82, 2.24) is 9.71 Å². The van der Waals surface area contributed by atoms with Crippen molar-refractivity contribution >= 4 is 27.3 Å². The third-order valence-electron chi connectivity index (χ3n) is 2.46. The van der Waals surface area contributed by atoms with Crippen LogP contribution in [0.3, 0.4) is 0 Å². The van der Waals surface area contributed by atoms with Gasteiger partial charge in [-0.25, -0.2) is 17.9 Å². The van der Waals surface area contributed by atoms with Crippen molar-refractivity contribution in [2.75, 3.05) is 0 Å². The highest BCUT2D eigenvalue weighted by Crippen LogP contribution is 2.20. The van der Waals surface area contributed by atoms with E-state index in [4.69, 9.17) is 10.4 Å². The van der Waals surface area contributed by atoms with Crippen LogP contribution in [0.25, 0.3) is 0 Å². The van der Waals surface area contributed by atoms with E-state index >= 15 is 0 Å². The number of aromatic nitrogens is 1. The molecule has 0 saturated heterocycles. The van der Waals surface area contributed by atoms with E-state index in [0.717, 1.165) is 11.3 Å². The van der Waals surface area contributed by atoms with Gasteiger partial charge < -0.3 is 5.11 Å². The molecule has 0 atom stereocenters. The summed E-state index contributed by atoms with van der Waals surface area (Å²) in [5, 5.41) is 17.5. The molecule has 0 spiro atoms. The third kappa shape index (κ3) is 3.63. The summed E-state index contributed by atoms with van der Waals surface area (Å²) in [5.74, 6) is -1.11. The van der Waals surface area contributed by atoms with Gasteiger partial charge in [-0.05, 0) is 24.3 Å². The lowest BCUT2D eigenvalue weighted by Gasteiger charge is -2.04. The topological polar surface area (TPSA) is 120 Å². The second-order valence-electron chi connectivity index (χ2n) is 3.90. The second kappa shape index (κ2) is 6.01. The van der Waals surface area contributed by atoms with Crippen LogP contribution < -0.4 is 4.72 Å². The number of carboxylic acids is 1. The van der Waals surface area contributed by atoms with Gasteiger partial charge in [0.25, 0.3) is 0 Å². The van der Waals surface area contributed by atoms with E-state index in [-0.39, 0.29) is 22.0 Å². The first-order chi connectivity index (χ1) is 9.92. The monoisotopic (exact) mass is 323 g/mol. The average Bonchev–Trinajstić information content (AvgIpc) is 2.95. The van der Waals surface area contributed by atoms with Crippen molar-refractivity contribution in [3.05, 3.63) is 46.6 Å². The number of sulfonamides is 1. The zero-order chi connectivity index (χ0) is 15.5. The summed E-state index contributed by atoms with van der Waals surface area (Å²) >= 11 is 0.857. The minimum atomic E-state index is -3.75. The van der Waals surface area contributed by atoms with Crippen LogP contribution in [0, 0.1) is 11.3 Å². The maximum absolute atomic E-state index is 12.0. The van der Waals surface area contributed by atoms with Crippen LogP contribution in [-0.2, 0) is 16.6 Å². The molecule has 7 nitrogen and oxygen atoms in total. The molecule has 0 amide bonds. The van der Waals surface area contributed by atoms with Gasteiger partial charge in [0.15, 0.2) is 0 Å². The first kappa shape index (κ1) is 15.1. The fourth-order valence-electron chi connectivity index (χ4n) is 1.47. The molecule has 0 radical (unpaired) electrons. The number of carbonyl (C=O) groups is 1. The van der Waals surface area contributed by atoms with Gasteiger partial charge in [-0.15, -0.1) is 11.3 Å². The molecule has 108 valence electrons. The molecule has 2 rings (SSSR count). The molecule has 2 heterocycles. The normalized spacial score (nSPS) is 11.0. The minimum absolute atomic E-state index is 0.0217. The Morgan fingerprint density at radius 1 is 1.43 bits per heavy atom. The van der Waals surface area contributed by atoms with Crippen molar-refractivity contribution in [1.29, 1.82) is 5.26 Å². The van der Waals surface area contributed by atoms with E-state index in [1.807, 2.05) is 6.07 Å². The predicted molar refractivity (Wildman–Crippen MR) is 74.3 cm³/mol. The number of hydrogen-bond donors (Lipinski definition) is 2. The Morgan fingerprint density at radius 2 is 2.19 bits per heavy atom. The summed E-state index contributed by atoms with van der Waals surface area (Å²) in [5.41, 5.74) is 0.317. The SMILES string of the molecule is N#Cc1ccc(S(=O)(=O)NCc2cc(C(=O)O)ccn2)s1. The van der Waals surface area contributed by atoms with Gasteiger partial charge >= 0.3 is 5.97 Å². The summed E-state index contributed by atoms with van der Waals surface area (Å²) in [6, 6.07) is 7.23. The Morgan fingerprint density at radius 3 is 2.81 bits per heavy atom. The largest absolute Gasteiger partial charge is 0.478 e. The molecule has 0 aliphatic heterocycles. The number of nitriles is 1. The molecule has 0 aliphatic rings. The van der Waals surface area contributed by atoms with Gasteiger partial charge in [0.05, 0.1) is 17.8 Å². The summed E-state index contributed by atoms with van der Waals surface area (Å²) < 4.78 is 26.3. The molecule has 21 heavy (non-hydrogen) atoms. The molecular formula is C12H9N3O4S2. The molecule has 0 unspecified atom stereocenters. The van der Waals surface area contributed by atoms with Crippen LogP contribution in [0.2, 0.25) is 0 Å². The van der Waals surface area contributed by atoms with Gasteiger partial charge in [0.2, 0.25) is 10.0 Å². The number of carboxylic acid groups (broad SMARTS) is 1. The highest BCUT2D eigenvalue weighted by atomic mass is 32.2. The molecule has 0 aliphatic carbocycles. The summed E-state index contributed by atoms with van der Waals surface area (Å²) in [7, 11) is -3.75. The first-order valence-electron chi connectivity index (χ1n) is 5.60. The number of nitrogens with one attached hydrogen (secondary N) is 1. The Bertz CT molecular complexity index is 821. The molecule has 9 heteroatoms. The highest BCUT2D eigenvalue weighted by Gasteiger charge is 2.17. The lowest BCUT2D eigenvalue weighted by Crippen LogP contribution is -2.23. The van der Waals surface area contributed by atoms with E-state index in [9.17, 15) is 13.2 Å². The number of aromatic carboxylic acids is 1. The van der Waals surface area contributed by atoms with Gasteiger partial charge in [-0.1, -0.05) is 0 Å². The first-order valence-corrected chi connectivity index (χ1v) is 7.90. The van der Waals surface area contributed by atoms with E-state index in [1.165, 1.54) is 30.5 Å². The molecule has 2 aromatic heterocycles. The maximum Gasteiger partial charge on any atom is 0.335 e. The van der Waals surface area contributed by atoms with Gasteiger partial charge in [0.1, 0.15) is 15.2 Å². The number of pyridine rings is 1. The van der Waals surface area contributed by atoms with Crippen LogP contribution in [0.1, 0.15) is 20.9 Å². The smallest absolute Gasteiger partial charge is 0.335 e. The van der Waals surface area contributed by atoms with Crippen LogP contribution >= 0.6 is 11.3 Å². The van der Waals surface area contributed by atoms with Crippen LogP contribution in [0.4, 0.5) is 0 Å². The molecule has 0 saturated carbocycles. The molecule has 0 aromatic carbocycles. The lowest BCUT2D eigenvalue weighted by molar-refractivity contribution is 0.0696. The number of nitrogens with zero attached hydrogens (tertiary/aromatic N) is 2. The fraction of sp³-hybridized carbons (Fsp3) is 0.0833. The van der Waals surface area contributed by atoms with Crippen molar-refractivity contribution < 1.29 is 18.3 Å². The van der Waals surface area contributed by atoms with E-state index in [0.29, 0.717) is 4.88 Å². The Balaban J connectivity index is 2.13. The van der Waals surface area contributed by atoms with E-state index in [1.54, 1.807) is 0 Å². The minimum Gasteiger partial charge on any atom is -0.478 e. The summed E-state index contributed by atoms with van der Waals surface area (Å²) in [6.45, 7) is -0.136. The number of hydrogen-bond acceptors (Lipinski definition) is 6. The van der Waals surface area contributed by atoms with Crippen molar-refractivity contribution in [3.8, 4) is 6.07 Å². The van der Waals surface area contributed by atoms with Gasteiger partial charge in [-0.2, -0.15) is 5.26 Å². The fourth-order valence-corrected chi connectivity index (χ4v) is 3.62.